The third-order valence-electron chi connectivity index (χ3n) is 2.01. The minimum absolute atomic E-state index is 0.296. The third kappa shape index (κ3) is 5.18. The van der Waals surface area contributed by atoms with E-state index in [0.717, 1.165) is 19.4 Å². The lowest BCUT2D eigenvalue weighted by atomic mass is 10.2. The predicted molar refractivity (Wildman–Crippen MR) is 47.5 cm³/mol. The lowest BCUT2D eigenvalue weighted by Crippen LogP contribution is -2.35. The van der Waals surface area contributed by atoms with Crippen molar-refractivity contribution in [2.75, 3.05) is 26.7 Å². The summed E-state index contributed by atoms with van der Waals surface area (Å²) in [4.78, 5) is 2.22. The molecular formula is C8H20N2O. The lowest BCUT2D eigenvalue weighted by Gasteiger charge is -2.22. The number of unbranched alkanes of at least 4 members (excludes halogenated alkanes) is 1. The topological polar surface area (TPSA) is 49.5 Å². The van der Waals surface area contributed by atoms with E-state index >= 15 is 0 Å². The van der Waals surface area contributed by atoms with Crippen molar-refractivity contribution in [3.8, 4) is 0 Å². The zero-order valence-corrected chi connectivity index (χ0v) is 7.58. The monoisotopic (exact) mass is 160 g/mol. The van der Waals surface area contributed by atoms with Crippen molar-refractivity contribution in [1.29, 1.82) is 0 Å². The highest BCUT2D eigenvalue weighted by Crippen LogP contribution is 1.96. The van der Waals surface area contributed by atoms with Gasteiger partial charge in [-0.25, -0.2) is 0 Å². The molecule has 0 rings (SSSR count). The molecule has 3 N–H and O–H groups in total. The van der Waals surface area contributed by atoms with Crippen LogP contribution in [0.4, 0.5) is 0 Å². The number of hydrogen-bond acceptors (Lipinski definition) is 3. The van der Waals surface area contributed by atoms with Crippen molar-refractivity contribution in [1.82, 2.24) is 4.90 Å². The van der Waals surface area contributed by atoms with Gasteiger partial charge in [0.1, 0.15) is 0 Å². The second kappa shape index (κ2) is 6.58. The molecule has 0 aromatic heterocycles. The van der Waals surface area contributed by atoms with Crippen LogP contribution in [0.15, 0.2) is 0 Å². The van der Waals surface area contributed by atoms with Gasteiger partial charge in [0.25, 0.3) is 0 Å². The molecule has 0 saturated heterocycles. The van der Waals surface area contributed by atoms with Crippen LogP contribution >= 0.6 is 0 Å². The summed E-state index contributed by atoms with van der Waals surface area (Å²) in [6, 6.07) is 0.452. The van der Waals surface area contributed by atoms with E-state index in [1.54, 1.807) is 0 Å². The summed E-state index contributed by atoms with van der Waals surface area (Å²) in [5, 5.41) is 8.53. The van der Waals surface area contributed by atoms with Gasteiger partial charge in [-0.3, -0.25) is 0 Å². The Balaban J connectivity index is 3.28. The molecule has 1 atom stereocenters. The van der Waals surface area contributed by atoms with E-state index in [1.165, 1.54) is 0 Å². The summed E-state index contributed by atoms with van der Waals surface area (Å²) in [7, 11) is 2.06. The van der Waals surface area contributed by atoms with Crippen molar-refractivity contribution in [3.05, 3.63) is 0 Å². The van der Waals surface area contributed by atoms with Crippen LogP contribution in [-0.2, 0) is 0 Å². The summed E-state index contributed by atoms with van der Waals surface area (Å²) < 4.78 is 0. The maximum absolute atomic E-state index is 8.53. The zero-order valence-electron chi connectivity index (χ0n) is 7.58. The van der Waals surface area contributed by atoms with E-state index in [0.29, 0.717) is 19.2 Å². The minimum Gasteiger partial charge on any atom is -0.396 e. The summed E-state index contributed by atoms with van der Waals surface area (Å²) in [6.45, 7) is 4.14. The molecule has 0 aromatic carbocycles. The van der Waals surface area contributed by atoms with Gasteiger partial charge in [-0.15, -0.1) is 0 Å². The summed E-state index contributed by atoms with van der Waals surface area (Å²) in [5.41, 5.74) is 5.49. The van der Waals surface area contributed by atoms with E-state index in [1.807, 2.05) is 0 Å². The van der Waals surface area contributed by atoms with Gasteiger partial charge in [-0.1, -0.05) is 0 Å². The van der Waals surface area contributed by atoms with Crippen LogP contribution in [0, 0.1) is 0 Å². The summed E-state index contributed by atoms with van der Waals surface area (Å²) in [6.07, 6.45) is 1.94. The molecule has 1 unspecified atom stereocenters. The molecule has 0 aliphatic rings. The van der Waals surface area contributed by atoms with Crippen LogP contribution in [0.3, 0.4) is 0 Å². The molecule has 0 aliphatic carbocycles. The van der Waals surface area contributed by atoms with Crippen LogP contribution in [0.5, 0.6) is 0 Å². The van der Waals surface area contributed by atoms with Gasteiger partial charge < -0.3 is 15.7 Å². The van der Waals surface area contributed by atoms with Crippen molar-refractivity contribution < 1.29 is 5.11 Å². The number of likely N-dealkylation sites (N-methyl/N-ethyl adjacent to an activating group) is 1. The number of aliphatic hydroxyl groups excluding tert-OH is 1. The van der Waals surface area contributed by atoms with Gasteiger partial charge in [0.15, 0.2) is 0 Å². The van der Waals surface area contributed by atoms with E-state index in [2.05, 4.69) is 18.9 Å². The first kappa shape index (κ1) is 10.9. The highest BCUT2D eigenvalue weighted by molar-refractivity contribution is 4.62. The van der Waals surface area contributed by atoms with Gasteiger partial charge in [0.05, 0.1) is 0 Å². The van der Waals surface area contributed by atoms with Gasteiger partial charge in [0, 0.05) is 19.2 Å². The number of nitrogens with zero attached hydrogens (tertiary/aromatic N) is 1. The first-order valence-corrected chi connectivity index (χ1v) is 4.23. The molecule has 11 heavy (non-hydrogen) atoms. The Hall–Kier alpha value is -0.120. The largest absolute Gasteiger partial charge is 0.396 e. The van der Waals surface area contributed by atoms with E-state index in [4.69, 9.17) is 10.8 Å². The Kier molecular flexibility index (Phi) is 6.51. The van der Waals surface area contributed by atoms with Gasteiger partial charge in [-0.05, 0) is 33.4 Å². The molecule has 0 aromatic rings. The Morgan fingerprint density at radius 2 is 2.09 bits per heavy atom. The highest BCUT2D eigenvalue weighted by atomic mass is 16.2. The summed E-state index contributed by atoms with van der Waals surface area (Å²) in [5.74, 6) is 0. The van der Waals surface area contributed by atoms with Crippen LogP contribution < -0.4 is 5.73 Å². The Bertz CT molecular complexity index is 88.2. The van der Waals surface area contributed by atoms with Crippen LogP contribution in [0.2, 0.25) is 0 Å². The van der Waals surface area contributed by atoms with Crippen LogP contribution in [-0.4, -0.2) is 42.8 Å². The predicted octanol–water partition coefficient (Wildman–Crippen LogP) is 0.0379. The van der Waals surface area contributed by atoms with Crippen molar-refractivity contribution in [2.24, 2.45) is 5.73 Å². The quantitative estimate of drug-likeness (QED) is 0.539. The number of aliphatic hydroxyl groups is 1. The highest BCUT2D eigenvalue weighted by Gasteiger charge is 2.04. The molecule has 0 heterocycles. The maximum Gasteiger partial charge on any atom is 0.0431 e. The molecule has 0 aliphatic heterocycles. The number of nitrogens with two attached hydrogens (primary N) is 1. The second-order valence-electron chi connectivity index (χ2n) is 3.00. The molecule has 0 spiro atoms. The van der Waals surface area contributed by atoms with Crippen LogP contribution in [0.25, 0.3) is 0 Å². The average Bonchev–Trinajstić information content (AvgIpc) is 2.03. The van der Waals surface area contributed by atoms with Crippen molar-refractivity contribution >= 4 is 0 Å². The molecule has 0 amide bonds. The third-order valence-corrected chi connectivity index (χ3v) is 2.01. The maximum atomic E-state index is 8.53. The first-order chi connectivity index (χ1) is 5.22. The van der Waals surface area contributed by atoms with Crippen molar-refractivity contribution in [2.45, 2.75) is 25.8 Å². The van der Waals surface area contributed by atoms with Crippen LogP contribution in [0.1, 0.15) is 19.8 Å². The summed E-state index contributed by atoms with van der Waals surface area (Å²) >= 11 is 0. The van der Waals surface area contributed by atoms with E-state index in [9.17, 15) is 0 Å². The molecule has 0 radical (unpaired) electrons. The smallest absolute Gasteiger partial charge is 0.0431 e. The standard InChI is InChI=1S/C8H20N2O/c1-8(7-9)10(2)5-3-4-6-11/h8,11H,3-7,9H2,1-2H3. The molecule has 3 heteroatoms. The normalized spacial score (nSPS) is 13.9. The Morgan fingerprint density at radius 3 is 2.55 bits per heavy atom. The fourth-order valence-electron chi connectivity index (χ4n) is 0.873. The molecule has 0 saturated carbocycles. The molecule has 0 bridgehead atoms. The first-order valence-electron chi connectivity index (χ1n) is 4.23. The Labute approximate surface area is 69.2 Å². The number of hydrogen-bond donors (Lipinski definition) is 2. The van der Waals surface area contributed by atoms with Gasteiger partial charge >= 0.3 is 0 Å². The fourth-order valence-corrected chi connectivity index (χ4v) is 0.873. The SMILES string of the molecule is CC(CN)N(C)CCCCO. The molecular weight excluding hydrogens is 140 g/mol. The zero-order chi connectivity index (χ0) is 8.69. The molecule has 68 valence electrons. The van der Waals surface area contributed by atoms with E-state index < -0.39 is 0 Å². The fraction of sp³-hybridized carbons (Fsp3) is 1.00. The van der Waals surface area contributed by atoms with Gasteiger partial charge in [-0.2, -0.15) is 0 Å². The molecule has 0 fully saturated rings. The second-order valence-corrected chi connectivity index (χ2v) is 3.00. The lowest BCUT2D eigenvalue weighted by molar-refractivity contribution is 0.235. The minimum atomic E-state index is 0.296. The Morgan fingerprint density at radius 1 is 1.45 bits per heavy atom. The molecule has 3 nitrogen and oxygen atoms in total. The number of rotatable bonds is 6. The van der Waals surface area contributed by atoms with E-state index in [-0.39, 0.29) is 0 Å². The van der Waals surface area contributed by atoms with Crippen molar-refractivity contribution in [3.63, 3.8) is 0 Å². The van der Waals surface area contributed by atoms with Gasteiger partial charge in [0.2, 0.25) is 0 Å². The average molecular weight is 160 g/mol.